The molecule has 0 radical (unpaired) electrons. The molecule has 9 heteroatoms. The zero-order chi connectivity index (χ0) is 14.9. The van der Waals surface area contributed by atoms with Gasteiger partial charge in [0.25, 0.3) is 0 Å². The van der Waals surface area contributed by atoms with Gasteiger partial charge >= 0.3 is 18.1 Å². The molecule has 2 fully saturated rings. The summed E-state index contributed by atoms with van der Waals surface area (Å²) in [5.74, 6) is -3.27. The van der Waals surface area contributed by atoms with Gasteiger partial charge in [-0.2, -0.15) is 13.2 Å². The average Bonchev–Trinajstić information content (AvgIpc) is 2.50. The van der Waals surface area contributed by atoms with Crippen molar-refractivity contribution in [2.45, 2.75) is 42.7 Å². The van der Waals surface area contributed by atoms with Gasteiger partial charge < -0.3 is 14.2 Å². The van der Waals surface area contributed by atoms with Gasteiger partial charge in [0.1, 0.15) is 12.2 Å². The molecule has 2 rings (SSSR count). The minimum absolute atomic E-state index is 0.159. The number of rotatable bonds is 1. The van der Waals surface area contributed by atoms with E-state index in [1.807, 2.05) is 0 Å². The summed E-state index contributed by atoms with van der Waals surface area (Å²) in [6.07, 6.45) is -5.61. The van der Waals surface area contributed by atoms with Crippen LogP contribution in [0.25, 0.3) is 0 Å². The van der Waals surface area contributed by atoms with Gasteiger partial charge in [-0.05, 0) is 35.2 Å². The molecule has 1 aliphatic heterocycles. The predicted octanol–water partition coefficient (Wildman–Crippen LogP) is 1.92. The summed E-state index contributed by atoms with van der Waals surface area (Å²) in [5, 5.41) is -0.952. The number of ether oxygens (including phenoxy) is 3. The van der Waals surface area contributed by atoms with Gasteiger partial charge in [0.2, 0.25) is 5.01 Å². The summed E-state index contributed by atoms with van der Waals surface area (Å²) < 4.78 is 51.4. The second-order valence-electron chi connectivity index (χ2n) is 4.68. The van der Waals surface area contributed by atoms with E-state index < -0.39 is 35.3 Å². The fourth-order valence-electron chi connectivity index (χ4n) is 2.36. The van der Waals surface area contributed by atoms with Crippen molar-refractivity contribution in [1.29, 1.82) is 0 Å². The molecular weight excluding hydrogens is 349 g/mol. The molecule has 4 atom stereocenters. The average molecular weight is 361 g/mol. The Kier molecular flexibility index (Phi) is 4.58. The number of hydrogen-bond acceptors (Lipinski definition) is 5. The van der Waals surface area contributed by atoms with Crippen molar-refractivity contribution >= 4 is 27.9 Å². The normalized spacial score (nSPS) is 34.7. The van der Waals surface area contributed by atoms with Crippen molar-refractivity contribution in [3.8, 4) is 0 Å². The van der Waals surface area contributed by atoms with E-state index >= 15 is 0 Å². The highest BCUT2D eigenvalue weighted by atomic mass is 79.9. The number of carbonyl (C=O) groups is 2. The van der Waals surface area contributed by atoms with E-state index in [0.717, 1.165) is 0 Å². The lowest BCUT2D eigenvalue weighted by molar-refractivity contribution is -0.214. The molecule has 1 saturated carbocycles. The first-order valence-electron chi connectivity index (χ1n) is 6.03. The first kappa shape index (κ1) is 15.6. The van der Waals surface area contributed by atoms with Crippen LogP contribution in [0.1, 0.15) is 19.3 Å². The molecule has 0 aromatic rings. The van der Waals surface area contributed by atoms with E-state index in [1.165, 1.54) is 0 Å². The molecule has 0 bridgehead atoms. The Hall–Kier alpha value is -0.830. The third kappa shape index (κ3) is 3.43. The topological polar surface area (TPSA) is 61.8 Å². The molecule has 1 aliphatic carbocycles. The van der Waals surface area contributed by atoms with E-state index in [2.05, 4.69) is 20.7 Å². The van der Waals surface area contributed by atoms with Gasteiger partial charge in [-0.3, -0.25) is 0 Å². The predicted molar refractivity (Wildman–Crippen MR) is 61.8 cm³/mol. The van der Waals surface area contributed by atoms with Crippen molar-refractivity contribution in [3.63, 3.8) is 0 Å². The highest BCUT2D eigenvalue weighted by Gasteiger charge is 2.47. The highest BCUT2D eigenvalue weighted by Crippen LogP contribution is 2.34. The lowest BCUT2D eigenvalue weighted by Gasteiger charge is -2.35. The molecular formula is C11H12BrF3O5. The van der Waals surface area contributed by atoms with E-state index in [4.69, 9.17) is 9.47 Å². The summed E-state index contributed by atoms with van der Waals surface area (Å²) in [7, 11) is 0. The van der Waals surface area contributed by atoms with E-state index in [0.29, 0.717) is 12.8 Å². The van der Waals surface area contributed by atoms with Crippen LogP contribution in [0.3, 0.4) is 0 Å². The number of halogens is 4. The Balaban J connectivity index is 2.09. The molecule has 0 spiro atoms. The Morgan fingerprint density at radius 2 is 2.05 bits per heavy atom. The first-order chi connectivity index (χ1) is 9.29. The Labute approximate surface area is 120 Å². The zero-order valence-electron chi connectivity index (χ0n) is 10.2. The molecule has 1 saturated heterocycles. The van der Waals surface area contributed by atoms with E-state index in [1.54, 1.807) is 0 Å². The molecule has 0 N–H and O–H groups in total. The van der Waals surface area contributed by atoms with Gasteiger partial charge in [-0.15, -0.1) is 0 Å². The van der Waals surface area contributed by atoms with Gasteiger partial charge in [0.15, 0.2) is 0 Å². The third-order valence-corrected chi connectivity index (χ3v) is 3.92. The molecule has 20 heavy (non-hydrogen) atoms. The third-order valence-electron chi connectivity index (χ3n) is 3.28. The van der Waals surface area contributed by atoms with Crippen molar-refractivity contribution < 1.29 is 37.0 Å². The van der Waals surface area contributed by atoms with Crippen LogP contribution < -0.4 is 0 Å². The molecule has 5 nitrogen and oxygen atoms in total. The number of alkyl halides is 4. The largest absolute Gasteiger partial charge is 0.490 e. The molecule has 0 amide bonds. The zero-order valence-corrected chi connectivity index (χ0v) is 11.8. The minimum atomic E-state index is -5.06. The van der Waals surface area contributed by atoms with E-state index in [-0.39, 0.29) is 18.9 Å². The van der Waals surface area contributed by atoms with Gasteiger partial charge in [0.05, 0.1) is 6.61 Å². The van der Waals surface area contributed by atoms with Gasteiger partial charge in [-0.25, -0.2) is 9.59 Å². The van der Waals surface area contributed by atoms with Crippen LogP contribution in [0.2, 0.25) is 0 Å². The van der Waals surface area contributed by atoms with Crippen LogP contribution in [-0.2, 0) is 23.8 Å². The van der Waals surface area contributed by atoms with Gasteiger partial charge in [-0.1, -0.05) is 0 Å². The second-order valence-corrected chi connectivity index (χ2v) is 5.52. The maximum Gasteiger partial charge on any atom is 0.490 e. The van der Waals surface area contributed by atoms with Gasteiger partial charge in [0, 0.05) is 5.92 Å². The number of carbonyl (C=O) groups excluding carboxylic acids is 2. The molecule has 1 heterocycles. The van der Waals surface area contributed by atoms with Crippen LogP contribution in [0.5, 0.6) is 0 Å². The number of esters is 2. The SMILES string of the molecule is O=C1O[C@@H]2[C@@H](CCC[C@@H]2OC(=O)C(F)(F)F)COC1Br. The summed E-state index contributed by atoms with van der Waals surface area (Å²) in [6, 6.07) is 0. The van der Waals surface area contributed by atoms with Crippen LogP contribution in [0, 0.1) is 5.92 Å². The Bertz CT molecular complexity index is 400. The maximum absolute atomic E-state index is 12.2. The van der Waals surface area contributed by atoms with Crippen molar-refractivity contribution in [1.82, 2.24) is 0 Å². The summed E-state index contributed by atoms with van der Waals surface area (Å²) in [6.45, 7) is 0.159. The van der Waals surface area contributed by atoms with Crippen molar-refractivity contribution in [2.24, 2.45) is 5.92 Å². The Morgan fingerprint density at radius 3 is 2.70 bits per heavy atom. The smallest absolute Gasteiger partial charge is 0.455 e. The van der Waals surface area contributed by atoms with Crippen LogP contribution >= 0.6 is 15.9 Å². The lowest BCUT2D eigenvalue weighted by atomic mass is 9.85. The fourth-order valence-corrected chi connectivity index (χ4v) is 2.62. The van der Waals surface area contributed by atoms with Crippen LogP contribution in [0.4, 0.5) is 13.2 Å². The van der Waals surface area contributed by atoms with Crippen molar-refractivity contribution in [3.05, 3.63) is 0 Å². The maximum atomic E-state index is 12.2. The monoisotopic (exact) mass is 360 g/mol. The van der Waals surface area contributed by atoms with Crippen LogP contribution in [0.15, 0.2) is 0 Å². The Morgan fingerprint density at radius 1 is 1.35 bits per heavy atom. The summed E-state index contributed by atoms with van der Waals surface area (Å²) in [5.41, 5.74) is 0. The highest BCUT2D eigenvalue weighted by molar-refractivity contribution is 9.09. The second kappa shape index (κ2) is 5.88. The lowest BCUT2D eigenvalue weighted by Crippen LogP contribution is -2.45. The van der Waals surface area contributed by atoms with Crippen LogP contribution in [-0.4, -0.2) is 41.9 Å². The molecule has 114 valence electrons. The molecule has 2 aliphatic rings. The first-order valence-corrected chi connectivity index (χ1v) is 6.94. The molecule has 1 unspecified atom stereocenters. The minimum Gasteiger partial charge on any atom is -0.455 e. The standard InChI is InChI=1S/C11H12BrF3O5/c12-8-9(16)20-7-5(4-18-8)2-1-3-6(7)19-10(17)11(13,14)15/h5-8H,1-4H2/t5-,6-,7+,8?/m0/s1. The summed E-state index contributed by atoms with van der Waals surface area (Å²) >= 11 is 2.96. The number of fused-ring (bicyclic) bond motifs is 1. The quantitative estimate of drug-likeness (QED) is 0.528. The number of hydrogen-bond donors (Lipinski definition) is 0. The van der Waals surface area contributed by atoms with E-state index in [9.17, 15) is 22.8 Å². The summed E-state index contributed by atoms with van der Waals surface area (Å²) in [4.78, 5) is 22.5. The molecule has 0 aromatic heterocycles. The van der Waals surface area contributed by atoms with Crippen molar-refractivity contribution in [2.75, 3.05) is 6.61 Å². The fraction of sp³-hybridized carbons (Fsp3) is 0.818. The molecule has 0 aromatic carbocycles.